The van der Waals surface area contributed by atoms with E-state index in [2.05, 4.69) is 4.98 Å². The molecule has 0 amide bonds. The Hall–Kier alpha value is -0.940. The van der Waals surface area contributed by atoms with Crippen LogP contribution in [0.15, 0.2) is 24.4 Å². The van der Waals surface area contributed by atoms with Crippen LogP contribution in [0.3, 0.4) is 0 Å². The first kappa shape index (κ1) is 11.1. The summed E-state index contributed by atoms with van der Waals surface area (Å²) in [7, 11) is -1.54. The van der Waals surface area contributed by atoms with Gasteiger partial charge >= 0.3 is 0 Å². The van der Waals surface area contributed by atoms with Gasteiger partial charge in [0.2, 0.25) is 10.0 Å². The van der Waals surface area contributed by atoms with Crippen LogP contribution in [0.5, 0.6) is 0 Å². The van der Waals surface area contributed by atoms with Gasteiger partial charge in [0.25, 0.3) is 0 Å². The quantitative estimate of drug-likeness (QED) is 0.747. The van der Waals surface area contributed by atoms with E-state index in [4.69, 9.17) is 0 Å². The molecule has 4 nitrogen and oxygen atoms in total. The highest BCUT2D eigenvalue weighted by atomic mass is 32.2. The third-order valence-corrected chi connectivity index (χ3v) is 3.76. The first-order valence-electron chi connectivity index (χ1n) is 4.40. The van der Waals surface area contributed by atoms with Crippen LogP contribution < -0.4 is 0 Å². The number of pyridine rings is 1. The zero-order valence-corrected chi connectivity index (χ0v) is 9.16. The second-order valence-corrected chi connectivity index (χ2v) is 5.34. The molecular formula is C9H14N2O2S. The third-order valence-electron chi connectivity index (χ3n) is 1.95. The lowest BCUT2D eigenvalue weighted by molar-refractivity contribution is 0.463. The van der Waals surface area contributed by atoms with Gasteiger partial charge in [-0.2, -0.15) is 4.31 Å². The highest BCUT2D eigenvalue weighted by Gasteiger charge is 2.15. The average Bonchev–Trinajstić information content (AvgIpc) is 2.19. The van der Waals surface area contributed by atoms with Crippen LogP contribution in [0.1, 0.15) is 12.6 Å². The lowest BCUT2D eigenvalue weighted by atomic mass is 10.3. The van der Waals surface area contributed by atoms with Crippen molar-refractivity contribution in [3.05, 3.63) is 30.1 Å². The minimum atomic E-state index is -3.10. The van der Waals surface area contributed by atoms with E-state index in [-0.39, 0.29) is 5.75 Å². The van der Waals surface area contributed by atoms with E-state index in [9.17, 15) is 8.42 Å². The lowest BCUT2D eigenvalue weighted by Crippen LogP contribution is -2.28. The molecule has 0 aliphatic carbocycles. The monoisotopic (exact) mass is 214 g/mol. The Bertz CT molecular complexity index is 375. The van der Waals surface area contributed by atoms with Crippen molar-refractivity contribution in [2.75, 3.05) is 12.8 Å². The maximum atomic E-state index is 11.4. The van der Waals surface area contributed by atoms with Crippen molar-refractivity contribution in [2.45, 2.75) is 13.5 Å². The fourth-order valence-electron chi connectivity index (χ4n) is 1.04. The minimum absolute atomic E-state index is 0.121. The number of sulfonamides is 1. The summed E-state index contributed by atoms with van der Waals surface area (Å²) >= 11 is 0. The molecule has 1 aromatic rings. The molecule has 0 saturated carbocycles. The summed E-state index contributed by atoms with van der Waals surface area (Å²) in [6, 6.07) is 5.45. The van der Waals surface area contributed by atoms with Crippen molar-refractivity contribution >= 4 is 10.0 Å². The number of hydrogen-bond donors (Lipinski definition) is 0. The van der Waals surface area contributed by atoms with Gasteiger partial charge in [-0.15, -0.1) is 0 Å². The predicted octanol–water partition coefficient (Wildman–Crippen LogP) is 0.863. The predicted molar refractivity (Wildman–Crippen MR) is 55.2 cm³/mol. The molecule has 0 saturated heterocycles. The smallest absolute Gasteiger partial charge is 0.213 e. The summed E-state index contributed by atoms with van der Waals surface area (Å²) < 4.78 is 24.1. The van der Waals surface area contributed by atoms with E-state index < -0.39 is 10.0 Å². The molecule has 78 valence electrons. The Morgan fingerprint density at radius 3 is 2.64 bits per heavy atom. The third kappa shape index (κ3) is 2.78. The van der Waals surface area contributed by atoms with Crippen molar-refractivity contribution in [1.82, 2.24) is 9.29 Å². The highest BCUT2D eigenvalue weighted by molar-refractivity contribution is 7.89. The van der Waals surface area contributed by atoms with Gasteiger partial charge in [0, 0.05) is 13.2 Å². The van der Waals surface area contributed by atoms with E-state index in [0.29, 0.717) is 6.54 Å². The normalized spacial score (nSPS) is 11.9. The highest BCUT2D eigenvalue weighted by Crippen LogP contribution is 2.04. The SMILES string of the molecule is CCS(=O)(=O)N(C)Cc1ccccn1. The molecule has 1 heterocycles. The van der Waals surface area contributed by atoms with E-state index in [1.165, 1.54) is 4.31 Å². The summed E-state index contributed by atoms with van der Waals surface area (Å²) in [6.45, 7) is 1.96. The molecule has 0 N–H and O–H groups in total. The first-order chi connectivity index (χ1) is 6.56. The van der Waals surface area contributed by atoms with Gasteiger partial charge in [0.15, 0.2) is 0 Å². The Balaban J connectivity index is 2.72. The Kier molecular flexibility index (Phi) is 3.60. The van der Waals surface area contributed by atoms with Crippen LogP contribution in [0.25, 0.3) is 0 Å². The minimum Gasteiger partial charge on any atom is -0.260 e. The fourth-order valence-corrected chi connectivity index (χ4v) is 1.81. The maximum Gasteiger partial charge on any atom is 0.213 e. The number of rotatable bonds is 4. The number of aromatic nitrogens is 1. The zero-order chi connectivity index (χ0) is 10.6. The van der Waals surface area contributed by atoms with E-state index >= 15 is 0 Å². The van der Waals surface area contributed by atoms with Gasteiger partial charge < -0.3 is 0 Å². The van der Waals surface area contributed by atoms with Crippen molar-refractivity contribution in [3.8, 4) is 0 Å². The van der Waals surface area contributed by atoms with Gasteiger partial charge in [-0.1, -0.05) is 6.07 Å². The average molecular weight is 214 g/mol. The summed E-state index contributed by atoms with van der Waals surface area (Å²) in [6.07, 6.45) is 1.65. The molecule has 5 heteroatoms. The summed E-state index contributed by atoms with van der Waals surface area (Å²) in [5, 5.41) is 0. The van der Waals surface area contributed by atoms with Crippen molar-refractivity contribution in [1.29, 1.82) is 0 Å². The Morgan fingerprint density at radius 2 is 2.14 bits per heavy atom. The fraction of sp³-hybridized carbons (Fsp3) is 0.444. The van der Waals surface area contributed by atoms with Crippen molar-refractivity contribution < 1.29 is 8.42 Å². The number of hydrogen-bond acceptors (Lipinski definition) is 3. The Morgan fingerprint density at radius 1 is 1.43 bits per heavy atom. The van der Waals surface area contributed by atoms with Crippen LogP contribution >= 0.6 is 0 Å². The summed E-state index contributed by atoms with van der Waals surface area (Å²) in [5.74, 6) is 0.121. The molecule has 0 bridgehead atoms. The molecule has 0 aliphatic heterocycles. The van der Waals surface area contributed by atoms with Gasteiger partial charge in [0.1, 0.15) is 0 Å². The second-order valence-electron chi connectivity index (χ2n) is 2.98. The molecular weight excluding hydrogens is 200 g/mol. The topological polar surface area (TPSA) is 50.3 Å². The van der Waals surface area contributed by atoms with Crippen molar-refractivity contribution in [2.24, 2.45) is 0 Å². The van der Waals surface area contributed by atoms with Gasteiger partial charge in [-0.05, 0) is 19.1 Å². The van der Waals surface area contributed by atoms with Crippen LogP contribution in [0.2, 0.25) is 0 Å². The molecule has 0 aliphatic rings. The van der Waals surface area contributed by atoms with Gasteiger partial charge in [-0.25, -0.2) is 8.42 Å². The molecule has 0 radical (unpaired) electrons. The van der Waals surface area contributed by atoms with Crippen LogP contribution in [-0.2, 0) is 16.6 Å². The molecule has 1 rings (SSSR count). The second kappa shape index (κ2) is 4.52. The zero-order valence-electron chi connectivity index (χ0n) is 8.34. The maximum absolute atomic E-state index is 11.4. The van der Waals surface area contributed by atoms with E-state index in [1.54, 1.807) is 26.2 Å². The lowest BCUT2D eigenvalue weighted by Gasteiger charge is -2.14. The van der Waals surface area contributed by atoms with Gasteiger partial charge in [-0.3, -0.25) is 4.98 Å². The van der Waals surface area contributed by atoms with E-state index in [0.717, 1.165) is 5.69 Å². The number of nitrogens with zero attached hydrogens (tertiary/aromatic N) is 2. The first-order valence-corrected chi connectivity index (χ1v) is 6.01. The molecule has 0 spiro atoms. The molecule has 1 aromatic heterocycles. The van der Waals surface area contributed by atoms with Crippen LogP contribution in [0, 0.1) is 0 Å². The standard InChI is InChI=1S/C9H14N2O2S/c1-3-14(12,13)11(2)8-9-6-4-5-7-10-9/h4-7H,3,8H2,1-2H3. The largest absolute Gasteiger partial charge is 0.260 e. The molecule has 0 unspecified atom stereocenters. The van der Waals surface area contributed by atoms with Crippen LogP contribution in [-0.4, -0.2) is 30.5 Å². The molecule has 14 heavy (non-hydrogen) atoms. The van der Waals surface area contributed by atoms with Crippen LogP contribution in [0.4, 0.5) is 0 Å². The molecule has 0 fully saturated rings. The van der Waals surface area contributed by atoms with E-state index in [1.807, 2.05) is 12.1 Å². The Labute approximate surface area is 84.6 Å². The summed E-state index contributed by atoms with van der Waals surface area (Å²) in [5.41, 5.74) is 0.757. The van der Waals surface area contributed by atoms with Gasteiger partial charge in [0.05, 0.1) is 18.0 Å². The van der Waals surface area contributed by atoms with Crippen molar-refractivity contribution in [3.63, 3.8) is 0 Å². The summed E-state index contributed by atoms with van der Waals surface area (Å²) in [4.78, 5) is 4.06. The molecule has 0 aromatic carbocycles. The molecule has 0 atom stereocenters.